The summed E-state index contributed by atoms with van der Waals surface area (Å²) in [5, 5.41) is 62.4. The molecule has 4 heterocycles. The predicted octanol–water partition coefficient (Wildman–Crippen LogP) is 23.2. The van der Waals surface area contributed by atoms with Crippen molar-refractivity contribution in [3.8, 4) is 78.2 Å². The highest BCUT2D eigenvalue weighted by Gasteiger charge is 2.29. The van der Waals surface area contributed by atoms with Crippen molar-refractivity contribution in [1.82, 2.24) is 39.9 Å². The van der Waals surface area contributed by atoms with Crippen LogP contribution in [-0.4, -0.2) is 100 Å². The van der Waals surface area contributed by atoms with E-state index in [-0.39, 0.29) is 64.4 Å². The number of aromatic amines is 2. The second-order valence-electron chi connectivity index (χ2n) is 32.7. The molecular weight excluding hydrogens is 1850 g/mol. The van der Waals surface area contributed by atoms with Gasteiger partial charge in [-0.15, -0.1) is 0 Å². The van der Waals surface area contributed by atoms with Crippen LogP contribution in [-0.2, 0) is 5.33 Å². The molecule has 0 saturated carbocycles. The Balaban J connectivity index is 0.000000342. The summed E-state index contributed by atoms with van der Waals surface area (Å²) in [6.45, 7) is 36.9. The summed E-state index contributed by atoms with van der Waals surface area (Å²) in [5.74, 6) is -0.0797. The molecule has 1 atom stereocenters. The average Bonchev–Trinajstić information content (AvgIpc) is 0.783. The number of benzene rings is 7. The standard InChI is InChI=1S/C21H22N4O2.C20H21N3O3.C18H17N3O3.C12H12N2.C11H10BrN.C11H11N.C9H13ClN2O2.C9H10O/c1-13(2)18-19(24-21(27-5)25-20(18)26-4)17(12-23)16-10-14(3)9-15(11-16)7-6-8-22;1-12(2)16-17(22-20(26-5)23-19(16)25-4)18(24)15-10-13(3)9-14(11-15)7-6-8-21;1-10(2)14-15(20-18(24)21-17(14)23)16(22)13-8-11(3)7-12(9-13)5-4-6-19;1-9-6-11(4-3-5-13)8-12(7-9)10(2)14;1-9-5-10(3-2-4-13)7-11(6-9)8-12;1-9-6-10(2)8-11(7-9)4-3-5-12;1-5(2)6-7(10)11-9(14-4)12-8(6)13-3;1-7-3-8(2)5-9(4-7)6-10/h6-7,9-11,13,17H,1-5H3;6-7,9-12H,1-5H3;4-5,7-10H,1-3H3,(H2,20,21,23,24);3-4,6-8H,2,14H2,1H3;2-3,5-7H,8H2,1H3;3-4,6-8H,1-2H3;5H,1-4H3;3-6H,1-2H3/b2*7-6+;5-4+;4-3+;3-2+;4-3+;;. The number of rotatable bonds is 25. The number of alkyl halides is 1. The summed E-state index contributed by atoms with van der Waals surface area (Å²) < 4.78 is 31.1. The summed E-state index contributed by atoms with van der Waals surface area (Å²) in [7, 11) is 8.99. The van der Waals surface area contributed by atoms with Gasteiger partial charge in [0.2, 0.25) is 29.2 Å². The second kappa shape index (κ2) is 59.3. The molecule has 4 N–H and O–H groups in total. The van der Waals surface area contributed by atoms with Gasteiger partial charge in [0.15, 0.2) is 0 Å². The van der Waals surface area contributed by atoms with E-state index in [0.29, 0.717) is 56.4 Å². The Morgan fingerprint density at radius 1 is 0.400 bits per heavy atom. The highest BCUT2D eigenvalue weighted by Crippen LogP contribution is 2.38. The molecule has 140 heavy (non-hydrogen) atoms. The van der Waals surface area contributed by atoms with Crippen LogP contribution in [0.25, 0.3) is 42.2 Å². The van der Waals surface area contributed by atoms with Crippen molar-refractivity contribution in [1.29, 1.82) is 36.8 Å². The van der Waals surface area contributed by atoms with Gasteiger partial charge in [-0.3, -0.25) is 24.2 Å². The van der Waals surface area contributed by atoms with E-state index in [1.807, 2.05) is 198 Å². The van der Waals surface area contributed by atoms with Crippen molar-refractivity contribution < 1.29 is 42.8 Å². The monoisotopic (exact) mass is 1960 g/mol. The topological polar surface area (TPSA) is 442 Å². The molecule has 1 unspecified atom stereocenters. The SMILES string of the molecule is C=C(N)c1cc(C)cc(/C=C/C#N)c1.COc1nc(Cl)c(C(C)C)c(OC)n1.COc1nc(OC)c(C(C)C)c(C(=O)c2cc(C)cc(/C=C/C#N)c2)n1.COc1nc(OC)c(C(C)C)c(C(C#N)c2cc(C)cc(/C=C/C#N)c2)n1.Cc1cc(/C=C/C#N)cc(C(=O)c2[nH]c(=O)[nH]c(=O)c2C(C)C)c1.Cc1cc(/C=C/C#N)cc(CBr)c1.Cc1cc(C)cc(/C=C/C#N)c1.Cc1cc(C)cc(C=O)c1. The number of nitrogens with one attached hydrogen (secondary N) is 2. The molecule has 0 radical (unpaired) electrons. The molecule has 11 rings (SSSR count). The number of carbonyl (C=O) groups is 3. The number of aryl methyl sites for hydroxylation is 9. The van der Waals surface area contributed by atoms with Crippen molar-refractivity contribution in [3.63, 3.8) is 0 Å². The van der Waals surface area contributed by atoms with E-state index in [2.05, 4.69) is 126 Å². The highest BCUT2D eigenvalue weighted by molar-refractivity contribution is 9.08. The summed E-state index contributed by atoms with van der Waals surface area (Å²) in [4.78, 5) is 89.8. The van der Waals surface area contributed by atoms with Gasteiger partial charge in [0.05, 0.1) is 102 Å². The number of ketones is 2. The van der Waals surface area contributed by atoms with Crippen molar-refractivity contribution in [2.45, 2.75) is 153 Å². The fraction of sp³-hybridized carbons (Fsp3) is 0.261. The van der Waals surface area contributed by atoms with Gasteiger partial charge in [-0.05, 0) is 244 Å². The number of carbonyl (C=O) groups excluding carboxylic acids is 3. The van der Waals surface area contributed by atoms with E-state index in [0.717, 1.165) is 101 Å². The van der Waals surface area contributed by atoms with Crippen LogP contribution in [0.5, 0.6) is 35.7 Å². The summed E-state index contributed by atoms with van der Waals surface area (Å²) >= 11 is 9.38. The zero-order valence-corrected chi connectivity index (χ0v) is 85.4. The number of aromatic nitrogens is 8. The third-order valence-electron chi connectivity index (χ3n) is 19.6. The van der Waals surface area contributed by atoms with Gasteiger partial charge in [-0.25, -0.2) is 4.79 Å². The molecule has 720 valence electrons. The fourth-order valence-electron chi connectivity index (χ4n) is 14.1. The number of nitriles is 7. The van der Waals surface area contributed by atoms with Crippen LogP contribution < -0.4 is 45.4 Å². The third kappa shape index (κ3) is 37.3. The van der Waals surface area contributed by atoms with Crippen LogP contribution in [0.4, 0.5) is 0 Å². The van der Waals surface area contributed by atoms with Crippen LogP contribution in [0.15, 0.2) is 180 Å². The maximum absolute atomic E-state index is 13.2. The molecule has 0 fully saturated rings. The average molecular weight is 1970 g/mol. The zero-order valence-electron chi connectivity index (χ0n) is 83.1. The van der Waals surface area contributed by atoms with E-state index in [9.17, 15) is 29.2 Å². The first-order valence-corrected chi connectivity index (χ1v) is 45.2. The van der Waals surface area contributed by atoms with Crippen molar-refractivity contribution in [2.75, 3.05) is 42.7 Å². The maximum atomic E-state index is 13.2. The lowest BCUT2D eigenvalue weighted by atomic mass is 9.88. The number of nitrogens with zero attached hydrogens (tertiary/aromatic N) is 13. The molecule has 4 aromatic heterocycles. The molecule has 11 aromatic rings. The van der Waals surface area contributed by atoms with E-state index < -0.39 is 23.0 Å². The first kappa shape index (κ1) is 116. The number of ether oxygens (including phenoxy) is 6. The molecule has 0 bridgehead atoms. The molecule has 29 heteroatoms. The molecule has 0 spiro atoms. The Morgan fingerprint density at radius 2 is 0.729 bits per heavy atom. The quantitative estimate of drug-likeness (QED) is 0.0157. The number of allylic oxidation sites excluding steroid dienone is 6. The fourth-order valence-corrected chi connectivity index (χ4v) is 14.8. The van der Waals surface area contributed by atoms with Crippen molar-refractivity contribution in [3.05, 3.63) is 353 Å². The Bertz CT molecular complexity index is 6830. The number of aldehydes is 1. The Hall–Kier alpha value is -16.6. The van der Waals surface area contributed by atoms with Gasteiger partial charge in [0, 0.05) is 80.9 Å². The molecule has 0 aliphatic heterocycles. The zero-order chi connectivity index (χ0) is 105. The van der Waals surface area contributed by atoms with Crippen molar-refractivity contribution >= 4 is 87.5 Å². The van der Waals surface area contributed by atoms with Gasteiger partial charge in [0.1, 0.15) is 23.1 Å². The molecule has 0 aliphatic rings. The van der Waals surface area contributed by atoms with Crippen LogP contribution in [0.2, 0.25) is 5.15 Å². The summed E-state index contributed by atoms with van der Waals surface area (Å²) in [6, 6.07) is 55.0. The number of methoxy groups -OCH3 is 6. The maximum Gasteiger partial charge on any atom is 0.326 e. The second-order valence-corrected chi connectivity index (χ2v) is 33.6. The number of hydrogen-bond donors (Lipinski definition) is 3. The molecule has 0 aliphatic carbocycles. The minimum Gasteiger partial charge on any atom is -0.481 e. The molecule has 7 aromatic carbocycles. The van der Waals surface area contributed by atoms with Gasteiger partial charge in [0.25, 0.3) is 5.56 Å². The lowest BCUT2D eigenvalue weighted by molar-refractivity contribution is 0.102. The summed E-state index contributed by atoms with van der Waals surface area (Å²) in [6.07, 6.45) is 19.8. The molecular formula is C111H116BrClN16O11. The summed E-state index contributed by atoms with van der Waals surface area (Å²) in [5.41, 5.74) is 27.9. The van der Waals surface area contributed by atoms with E-state index in [1.165, 1.54) is 94.3 Å². The Morgan fingerprint density at radius 3 is 1.10 bits per heavy atom. The molecule has 27 nitrogen and oxygen atoms in total. The largest absolute Gasteiger partial charge is 0.481 e. The number of hydrogen-bond acceptors (Lipinski definition) is 25. The van der Waals surface area contributed by atoms with Crippen molar-refractivity contribution in [2.24, 2.45) is 5.73 Å². The number of H-pyrrole nitrogens is 2. The van der Waals surface area contributed by atoms with Crippen LogP contribution >= 0.6 is 27.5 Å². The van der Waals surface area contributed by atoms with Gasteiger partial charge >= 0.3 is 23.7 Å². The minimum absolute atomic E-state index is 0.000405. The normalized spacial score (nSPS) is 10.7. The van der Waals surface area contributed by atoms with E-state index >= 15 is 0 Å². The smallest absolute Gasteiger partial charge is 0.326 e. The Labute approximate surface area is 833 Å². The first-order valence-electron chi connectivity index (χ1n) is 43.7. The number of halogens is 2. The van der Waals surface area contributed by atoms with Crippen LogP contribution in [0.3, 0.4) is 0 Å². The van der Waals surface area contributed by atoms with Crippen LogP contribution in [0.1, 0.15) is 256 Å². The molecule has 0 saturated heterocycles. The van der Waals surface area contributed by atoms with Crippen LogP contribution in [0, 0.1) is 142 Å². The lowest BCUT2D eigenvalue weighted by Gasteiger charge is -2.20. The lowest BCUT2D eigenvalue weighted by Crippen LogP contribution is -2.30. The highest BCUT2D eigenvalue weighted by atomic mass is 79.9. The third-order valence-corrected chi connectivity index (χ3v) is 20.5. The van der Waals surface area contributed by atoms with Gasteiger partial charge in [-0.2, -0.15) is 66.7 Å². The van der Waals surface area contributed by atoms with E-state index in [4.69, 9.17) is 77.3 Å². The minimum atomic E-state index is -0.718. The first-order chi connectivity index (χ1) is 66.6. The Kier molecular flexibility index (Phi) is 49.1. The van der Waals surface area contributed by atoms with Gasteiger partial charge in [-0.1, -0.05) is 196 Å². The van der Waals surface area contributed by atoms with E-state index in [1.54, 1.807) is 69.5 Å². The predicted molar refractivity (Wildman–Crippen MR) is 556 cm³/mol. The van der Waals surface area contributed by atoms with Gasteiger partial charge < -0.3 is 39.1 Å². The molecule has 0 amide bonds. The number of nitrogens with two attached hydrogens (primary N) is 1.